The minimum Gasteiger partial charge on any atom is -0.457 e. The fourth-order valence-corrected chi connectivity index (χ4v) is 4.37. The number of carbonyl (C=O) groups is 1. The molecule has 3 rings (SSSR count). The summed E-state index contributed by atoms with van der Waals surface area (Å²) in [6.45, 7) is 0.143. The third-order valence-electron chi connectivity index (χ3n) is 3.90. The van der Waals surface area contributed by atoms with Crippen molar-refractivity contribution in [1.82, 2.24) is 0 Å². The molecule has 132 valence electrons. The van der Waals surface area contributed by atoms with Gasteiger partial charge in [0, 0.05) is 12.1 Å². The summed E-state index contributed by atoms with van der Waals surface area (Å²) in [7, 11) is -3.27. The highest BCUT2D eigenvalue weighted by atomic mass is 35.5. The van der Waals surface area contributed by atoms with Crippen LogP contribution in [0.2, 0.25) is 5.02 Å². The number of anilines is 1. The van der Waals surface area contributed by atoms with Crippen LogP contribution < -0.4 is 4.31 Å². The lowest BCUT2D eigenvalue weighted by atomic mass is 10.2. The normalized spacial score (nSPS) is 16.0. The fraction of sp³-hybridized carbons (Fsp3) is 0.235. The lowest BCUT2D eigenvalue weighted by Gasteiger charge is -2.17. The van der Waals surface area contributed by atoms with E-state index in [0.29, 0.717) is 18.7 Å². The fourth-order valence-electron chi connectivity index (χ4n) is 2.58. The van der Waals surface area contributed by atoms with E-state index in [9.17, 15) is 17.6 Å². The van der Waals surface area contributed by atoms with E-state index in [4.69, 9.17) is 16.3 Å². The van der Waals surface area contributed by atoms with Gasteiger partial charge in [0.05, 0.1) is 22.0 Å². The van der Waals surface area contributed by atoms with Crippen LogP contribution in [0.5, 0.6) is 0 Å². The topological polar surface area (TPSA) is 63.7 Å². The second-order valence-electron chi connectivity index (χ2n) is 5.56. The highest BCUT2D eigenvalue weighted by Gasteiger charge is 2.28. The van der Waals surface area contributed by atoms with E-state index in [-0.39, 0.29) is 28.5 Å². The number of esters is 1. The van der Waals surface area contributed by atoms with Gasteiger partial charge >= 0.3 is 5.97 Å². The largest absolute Gasteiger partial charge is 0.457 e. The monoisotopic (exact) mass is 383 g/mol. The molecule has 1 aliphatic rings. The van der Waals surface area contributed by atoms with E-state index in [2.05, 4.69) is 0 Å². The molecule has 0 bridgehead atoms. The maximum atomic E-state index is 13.7. The summed E-state index contributed by atoms with van der Waals surface area (Å²) in [5.41, 5.74) is 0.858. The number of hydrogen-bond donors (Lipinski definition) is 0. The van der Waals surface area contributed by atoms with E-state index in [0.717, 1.165) is 0 Å². The van der Waals surface area contributed by atoms with Crippen LogP contribution in [-0.2, 0) is 21.4 Å². The van der Waals surface area contributed by atoms with Crippen molar-refractivity contribution in [2.75, 3.05) is 16.6 Å². The molecule has 0 unspecified atom stereocenters. The Bertz CT molecular complexity index is 879. The number of benzene rings is 2. The molecule has 25 heavy (non-hydrogen) atoms. The van der Waals surface area contributed by atoms with Gasteiger partial charge in [-0.1, -0.05) is 17.7 Å². The molecule has 2 aromatic carbocycles. The van der Waals surface area contributed by atoms with Crippen molar-refractivity contribution in [2.45, 2.75) is 13.0 Å². The van der Waals surface area contributed by atoms with Gasteiger partial charge in [0.2, 0.25) is 10.0 Å². The predicted molar refractivity (Wildman–Crippen MR) is 92.7 cm³/mol. The molecule has 0 atom stereocenters. The Labute approximate surface area is 150 Å². The van der Waals surface area contributed by atoms with Crippen LogP contribution in [0.4, 0.5) is 10.1 Å². The van der Waals surface area contributed by atoms with Crippen molar-refractivity contribution >= 4 is 33.3 Å². The molecule has 0 aromatic heterocycles. The third-order valence-corrected chi connectivity index (χ3v) is 6.12. The Kier molecular flexibility index (Phi) is 4.96. The van der Waals surface area contributed by atoms with Gasteiger partial charge in [-0.05, 0) is 42.8 Å². The van der Waals surface area contributed by atoms with E-state index in [1.165, 1.54) is 34.6 Å². The second-order valence-corrected chi connectivity index (χ2v) is 7.98. The Morgan fingerprint density at radius 2 is 1.92 bits per heavy atom. The number of hydrogen-bond acceptors (Lipinski definition) is 4. The van der Waals surface area contributed by atoms with E-state index >= 15 is 0 Å². The molecule has 8 heteroatoms. The maximum Gasteiger partial charge on any atom is 0.338 e. The van der Waals surface area contributed by atoms with Gasteiger partial charge in [-0.15, -0.1) is 0 Å². The zero-order valence-corrected chi connectivity index (χ0v) is 14.7. The SMILES string of the molecule is O=C(OCc1c(F)cccc1Cl)c1ccc(N2CCCS2(=O)=O)cc1. The Morgan fingerprint density at radius 1 is 1.20 bits per heavy atom. The second kappa shape index (κ2) is 7.01. The first-order valence-corrected chi connectivity index (χ1v) is 9.58. The van der Waals surface area contributed by atoms with Crippen molar-refractivity contribution in [2.24, 2.45) is 0 Å². The molecule has 0 N–H and O–H groups in total. The highest BCUT2D eigenvalue weighted by molar-refractivity contribution is 7.93. The minimum absolute atomic E-state index is 0.109. The molecule has 1 fully saturated rings. The lowest BCUT2D eigenvalue weighted by Crippen LogP contribution is -2.25. The van der Waals surface area contributed by atoms with Crippen LogP contribution in [-0.4, -0.2) is 26.7 Å². The van der Waals surface area contributed by atoms with Gasteiger partial charge in [0.15, 0.2) is 0 Å². The Hall–Kier alpha value is -2.12. The van der Waals surface area contributed by atoms with Crippen LogP contribution in [0.3, 0.4) is 0 Å². The summed E-state index contributed by atoms with van der Waals surface area (Å²) < 4.78 is 43.9. The first kappa shape index (κ1) is 17.7. The number of rotatable bonds is 4. The average Bonchev–Trinajstić information content (AvgIpc) is 2.93. The molecule has 0 amide bonds. The molecule has 2 aromatic rings. The zero-order valence-electron chi connectivity index (χ0n) is 13.1. The molecular weight excluding hydrogens is 369 g/mol. The summed E-state index contributed by atoms with van der Waals surface area (Å²) in [5.74, 6) is -1.06. The van der Waals surface area contributed by atoms with Gasteiger partial charge in [0.1, 0.15) is 12.4 Å². The molecule has 0 radical (unpaired) electrons. The standard InChI is InChI=1S/C17H15ClFNO4S/c18-15-3-1-4-16(19)14(15)11-24-17(21)12-5-7-13(8-6-12)20-9-2-10-25(20,22)23/h1,3-8H,2,9-11H2. The van der Waals surface area contributed by atoms with Gasteiger partial charge in [-0.2, -0.15) is 0 Å². The molecule has 5 nitrogen and oxygen atoms in total. The van der Waals surface area contributed by atoms with Crippen molar-refractivity contribution < 1.29 is 22.3 Å². The third kappa shape index (κ3) is 3.77. The summed E-state index contributed by atoms with van der Waals surface area (Å²) in [4.78, 5) is 12.1. The predicted octanol–water partition coefficient (Wildman–Crippen LogP) is 3.38. The number of nitrogens with zero attached hydrogens (tertiary/aromatic N) is 1. The molecular formula is C17H15ClFNO4S. The summed E-state index contributed by atoms with van der Waals surface area (Å²) >= 11 is 5.89. The van der Waals surface area contributed by atoms with Crippen molar-refractivity contribution in [3.8, 4) is 0 Å². The Balaban J connectivity index is 1.69. The zero-order chi connectivity index (χ0) is 18.0. The smallest absolute Gasteiger partial charge is 0.338 e. The summed E-state index contributed by atoms with van der Waals surface area (Å²) in [6.07, 6.45) is 0.579. The first-order chi connectivity index (χ1) is 11.9. The molecule has 0 aliphatic carbocycles. The number of sulfonamides is 1. The average molecular weight is 384 g/mol. The molecule has 1 aliphatic heterocycles. The number of halogens is 2. The van der Waals surface area contributed by atoms with Gasteiger partial charge in [0.25, 0.3) is 0 Å². The molecule has 1 saturated heterocycles. The van der Waals surface area contributed by atoms with Gasteiger partial charge in [-0.3, -0.25) is 4.31 Å². The first-order valence-electron chi connectivity index (χ1n) is 7.59. The molecule has 0 spiro atoms. The highest BCUT2D eigenvalue weighted by Crippen LogP contribution is 2.25. The van der Waals surface area contributed by atoms with Crippen LogP contribution in [0.25, 0.3) is 0 Å². The van der Waals surface area contributed by atoms with E-state index < -0.39 is 21.8 Å². The van der Waals surface area contributed by atoms with Crippen LogP contribution >= 0.6 is 11.6 Å². The number of carbonyl (C=O) groups excluding carboxylic acids is 1. The van der Waals surface area contributed by atoms with Crippen molar-refractivity contribution in [3.05, 3.63) is 64.4 Å². The molecule has 0 saturated carbocycles. The van der Waals surface area contributed by atoms with E-state index in [1.807, 2.05) is 0 Å². The van der Waals surface area contributed by atoms with Crippen LogP contribution in [0.1, 0.15) is 22.3 Å². The summed E-state index contributed by atoms with van der Waals surface area (Å²) in [6, 6.07) is 10.3. The van der Waals surface area contributed by atoms with Gasteiger partial charge < -0.3 is 4.74 Å². The van der Waals surface area contributed by atoms with Crippen LogP contribution in [0.15, 0.2) is 42.5 Å². The van der Waals surface area contributed by atoms with Crippen molar-refractivity contribution in [1.29, 1.82) is 0 Å². The number of ether oxygens (including phenoxy) is 1. The van der Waals surface area contributed by atoms with E-state index in [1.54, 1.807) is 12.1 Å². The van der Waals surface area contributed by atoms with Crippen LogP contribution in [0, 0.1) is 5.82 Å². The van der Waals surface area contributed by atoms with Gasteiger partial charge in [-0.25, -0.2) is 17.6 Å². The Morgan fingerprint density at radius 3 is 2.52 bits per heavy atom. The lowest BCUT2D eigenvalue weighted by molar-refractivity contribution is 0.0469. The summed E-state index contributed by atoms with van der Waals surface area (Å²) in [5, 5.41) is 0.183. The quantitative estimate of drug-likeness (QED) is 0.759. The minimum atomic E-state index is -3.27. The molecule has 1 heterocycles. The maximum absolute atomic E-state index is 13.7. The van der Waals surface area contributed by atoms with Crippen molar-refractivity contribution in [3.63, 3.8) is 0 Å².